The number of furan rings is 1. The van der Waals surface area contributed by atoms with Crippen molar-refractivity contribution in [3.05, 3.63) is 224 Å². The first-order valence-corrected chi connectivity index (χ1v) is 19.8. The lowest BCUT2D eigenvalue weighted by molar-refractivity contribution is 0.670. The maximum atomic E-state index is 6.80. The van der Waals surface area contributed by atoms with E-state index in [0.717, 1.165) is 55.7 Å². The summed E-state index contributed by atoms with van der Waals surface area (Å²) in [6.07, 6.45) is 0. The monoisotopic (exact) mass is 739 g/mol. The lowest BCUT2D eigenvalue weighted by Gasteiger charge is -2.28. The zero-order chi connectivity index (χ0) is 38.4. The molecule has 11 rings (SSSR count). The van der Waals surface area contributed by atoms with Crippen molar-refractivity contribution in [2.24, 2.45) is 0 Å². The van der Waals surface area contributed by atoms with Gasteiger partial charge in [0.2, 0.25) is 0 Å². The fourth-order valence-electron chi connectivity index (χ4n) is 8.62. The van der Waals surface area contributed by atoms with Gasteiger partial charge in [0.25, 0.3) is 0 Å². The molecule has 0 saturated carbocycles. The van der Waals surface area contributed by atoms with Crippen LogP contribution in [0.4, 0.5) is 17.1 Å². The van der Waals surface area contributed by atoms with Crippen LogP contribution < -0.4 is 4.90 Å². The SMILES string of the molecule is c1ccc(-c2cccc(-c3ccc(N(c4cccc(-c5cccc6ccccc56)c4)c4ccccc4-c4cccc5c4oc4cc6ccccc6cc45)cc3)c2)cc1. The quantitative estimate of drug-likeness (QED) is 0.162. The van der Waals surface area contributed by atoms with Crippen LogP contribution in [0, 0.1) is 0 Å². The normalized spacial score (nSPS) is 11.4. The van der Waals surface area contributed by atoms with E-state index in [-0.39, 0.29) is 0 Å². The highest BCUT2D eigenvalue weighted by Gasteiger charge is 2.21. The van der Waals surface area contributed by atoms with Gasteiger partial charge in [0, 0.05) is 33.3 Å². The molecule has 1 heterocycles. The maximum absolute atomic E-state index is 6.80. The number of hydrogen-bond acceptors (Lipinski definition) is 2. The third-order valence-electron chi connectivity index (χ3n) is 11.4. The van der Waals surface area contributed by atoms with Crippen molar-refractivity contribution in [3.8, 4) is 44.5 Å². The molecule has 0 saturated heterocycles. The van der Waals surface area contributed by atoms with Gasteiger partial charge in [0.1, 0.15) is 11.2 Å². The van der Waals surface area contributed by atoms with E-state index in [0.29, 0.717) is 0 Å². The van der Waals surface area contributed by atoms with Crippen molar-refractivity contribution in [3.63, 3.8) is 0 Å². The molecule has 10 aromatic carbocycles. The van der Waals surface area contributed by atoms with Crippen LogP contribution in [-0.2, 0) is 0 Å². The van der Waals surface area contributed by atoms with E-state index in [1.165, 1.54) is 49.4 Å². The Kier molecular flexibility index (Phi) is 8.19. The first-order chi connectivity index (χ1) is 28.7. The molecule has 0 aliphatic rings. The van der Waals surface area contributed by atoms with E-state index in [2.05, 4.69) is 229 Å². The summed E-state index contributed by atoms with van der Waals surface area (Å²) in [6.45, 7) is 0. The Labute approximate surface area is 337 Å². The minimum Gasteiger partial charge on any atom is -0.455 e. The minimum atomic E-state index is 0.887. The zero-order valence-corrected chi connectivity index (χ0v) is 31.7. The molecule has 58 heavy (non-hydrogen) atoms. The highest BCUT2D eigenvalue weighted by atomic mass is 16.3. The molecule has 0 spiro atoms. The molecule has 0 atom stereocenters. The van der Waals surface area contributed by atoms with Crippen molar-refractivity contribution >= 4 is 60.5 Å². The summed E-state index contributed by atoms with van der Waals surface area (Å²) in [6, 6.07) is 80.6. The number of para-hydroxylation sites is 2. The number of nitrogens with zero attached hydrogens (tertiary/aromatic N) is 1. The summed E-state index contributed by atoms with van der Waals surface area (Å²) in [7, 11) is 0. The van der Waals surface area contributed by atoms with Gasteiger partial charge in [-0.2, -0.15) is 0 Å². The van der Waals surface area contributed by atoms with Crippen molar-refractivity contribution in [2.45, 2.75) is 0 Å². The molecule has 0 radical (unpaired) electrons. The van der Waals surface area contributed by atoms with Crippen LogP contribution >= 0.6 is 0 Å². The Morgan fingerprint density at radius 3 is 1.71 bits per heavy atom. The van der Waals surface area contributed by atoms with Crippen molar-refractivity contribution in [1.82, 2.24) is 0 Å². The fraction of sp³-hybridized carbons (Fsp3) is 0. The minimum absolute atomic E-state index is 0.887. The van der Waals surface area contributed by atoms with Crippen LogP contribution in [0.25, 0.3) is 88.0 Å². The second-order valence-electron chi connectivity index (χ2n) is 14.9. The van der Waals surface area contributed by atoms with E-state index in [4.69, 9.17) is 4.42 Å². The van der Waals surface area contributed by atoms with E-state index in [9.17, 15) is 0 Å². The predicted octanol–water partition coefficient (Wildman–Crippen LogP) is 16.0. The second kappa shape index (κ2) is 14.1. The zero-order valence-electron chi connectivity index (χ0n) is 31.7. The number of anilines is 3. The maximum Gasteiger partial charge on any atom is 0.143 e. The number of benzene rings is 10. The molecule has 272 valence electrons. The first kappa shape index (κ1) is 33.6. The highest BCUT2D eigenvalue weighted by Crippen LogP contribution is 2.46. The fourth-order valence-corrected chi connectivity index (χ4v) is 8.62. The molecule has 0 N–H and O–H groups in total. The lowest BCUT2D eigenvalue weighted by Crippen LogP contribution is -2.11. The van der Waals surface area contributed by atoms with E-state index < -0.39 is 0 Å². The van der Waals surface area contributed by atoms with E-state index in [1.54, 1.807) is 0 Å². The molecule has 11 aromatic rings. The molecule has 2 heteroatoms. The Morgan fingerprint density at radius 2 is 0.862 bits per heavy atom. The summed E-state index contributed by atoms with van der Waals surface area (Å²) in [5.74, 6) is 0. The van der Waals surface area contributed by atoms with Crippen molar-refractivity contribution < 1.29 is 4.42 Å². The summed E-state index contributed by atoms with van der Waals surface area (Å²) in [5.41, 5.74) is 14.3. The number of rotatable bonds is 7. The van der Waals surface area contributed by atoms with Crippen LogP contribution in [-0.4, -0.2) is 0 Å². The molecular weight excluding hydrogens is 703 g/mol. The summed E-state index contributed by atoms with van der Waals surface area (Å²) >= 11 is 0. The van der Waals surface area contributed by atoms with Gasteiger partial charge in [-0.3, -0.25) is 0 Å². The second-order valence-corrected chi connectivity index (χ2v) is 14.9. The Hall–Kier alpha value is -7.68. The van der Waals surface area contributed by atoms with Gasteiger partial charge in [-0.05, 0) is 103 Å². The Bertz CT molecular complexity index is 3280. The molecule has 0 bridgehead atoms. The molecule has 1 aromatic heterocycles. The van der Waals surface area contributed by atoms with E-state index >= 15 is 0 Å². The molecule has 0 aliphatic carbocycles. The van der Waals surface area contributed by atoms with Crippen LogP contribution in [0.5, 0.6) is 0 Å². The van der Waals surface area contributed by atoms with Crippen LogP contribution in [0.1, 0.15) is 0 Å². The third-order valence-corrected chi connectivity index (χ3v) is 11.4. The summed E-state index contributed by atoms with van der Waals surface area (Å²) < 4.78 is 6.80. The number of fused-ring (bicyclic) bond motifs is 5. The van der Waals surface area contributed by atoms with Crippen LogP contribution in [0.2, 0.25) is 0 Å². The average Bonchev–Trinajstić information content (AvgIpc) is 3.66. The molecule has 0 amide bonds. The standard InChI is InChI=1S/C56H37NO/c1-2-14-38(15-3-1)41-20-10-21-42(34-41)39-30-32-46(33-31-39)57(47-23-11-22-45(35-47)49-26-12-19-40-16-6-7-24-48(40)49)54-29-9-8-25-50(54)51-27-13-28-52-53-36-43-17-4-5-18-44(43)37-55(53)58-56(51)52/h1-37H. The summed E-state index contributed by atoms with van der Waals surface area (Å²) in [4.78, 5) is 2.39. The summed E-state index contributed by atoms with van der Waals surface area (Å²) in [5, 5.41) is 7.07. The number of hydrogen-bond donors (Lipinski definition) is 0. The third kappa shape index (κ3) is 5.91. The van der Waals surface area contributed by atoms with Gasteiger partial charge < -0.3 is 9.32 Å². The molecule has 0 unspecified atom stereocenters. The van der Waals surface area contributed by atoms with Gasteiger partial charge in [-0.25, -0.2) is 0 Å². The average molecular weight is 740 g/mol. The van der Waals surface area contributed by atoms with Gasteiger partial charge in [-0.15, -0.1) is 0 Å². The Morgan fingerprint density at radius 1 is 0.293 bits per heavy atom. The molecule has 0 aliphatic heterocycles. The smallest absolute Gasteiger partial charge is 0.143 e. The van der Waals surface area contributed by atoms with Crippen LogP contribution in [0.15, 0.2) is 229 Å². The largest absolute Gasteiger partial charge is 0.455 e. The first-order valence-electron chi connectivity index (χ1n) is 19.8. The van der Waals surface area contributed by atoms with Crippen molar-refractivity contribution in [1.29, 1.82) is 0 Å². The van der Waals surface area contributed by atoms with Gasteiger partial charge >= 0.3 is 0 Å². The highest BCUT2D eigenvalue weighted by molar-refractivity contribution is 6.14. The molecule has 0 fully saturated rings. The van der Waals surface area contributed by atoms with Crippen LogP contribution in [0.3, 0.4) is 0 Å². The van der Waals surface area contributed by atoms with Gasteiger partial charge in [-0.1, -0.05) is 176 Å². The predicted molar refractivity (Wildman–Crippen MR) is 245 cm³/mol. The topological polar surface area (TPSA) is 16.4 Å². The van der Waals surface area contributed by atoms with Crippen molar-refractivity contribution in [2.75, 3.05) is 4.90 Å². The van der Waals surface area contributed by atoms with Gasteiger partial charge in [0.15, 0.2) is 0 Å². The Balaban J connectivity index is 1.08. The lowest BCUT2D eigenvalue weighted by atomic mass is 9.96. The van der Waals surface area contributed by atoms with E-state index in [1.807, 2.05) is 0 Å². The molecular formula is C56H37NO. The van der Waals surface area contributed by atoms with Gasteiger partial charge in [0.05, 0.1) is 5.69 Å². The molecule has 2 nitrogen and oxygen atoms in total.